The van der Waals surface area contributed by atoms with E-state index in [9.17, 15) is 4.79 Å². The molecule has 0 aliphatic heterocycles. The lowest BCUT2D eigenvalue weighted by Gasteiger charge is -2.06. The van der Waals surface area contributed by atoms with E-state index in [1.165, 1.54) is 16.0 Å². The van der Waals surface area contributed by atoms with Crippen molar-refractivity contribution in [3.63, 3.8) is 0 Å². The largest absolute Gasteiger partial charge is 0.293 e. The standard InChI is InChI=1S/C16H18OS/c1-3-7-12-8-5-6-9-13(12)15-10-11-16(18-15)14(17)4-2/h5-6,8-11H,3-4,7H2,1-2H3. The Labute approximate surface area is 112 Å². The normalized spacial score (nSPS) is 10.6. The molecule has 0 saturated heterocycles. The number of benzene rings is 1. The van der Waals surface area contributed by atoms with E-state index in [0.717, 1.165) is 17.7 Å². The number of rotatable bonds is 5. The molecule has 0 atom stereocenters. The molecule has 2 aromatic rings. The maximum Gasteiger partial charge on any atom is 0.172 e. The lowest BCUT2D eigenvalue weighted by Crippen LogP contribution is -1.90. The van der Waals surface area contributed by atoms with Gasteiger partial charge < -0.3 is 0 Å². The lowest BCUT2D eigenvalue weighted by atomic mass is 10.0. The minimum absolute atomic E-state index is 0.235. The highest BCUT2D eigenvalue weighted by molar-refractivity contribution is 7.17. The van der Waals surface area contributed by atoms with Crippen LogP contribution in [0.2, 0.25) is 0 Å². The summed E-state index contributed by atoms with van der Waals surface area (Å²) in [6.45, 7) is 4.10. The summed E-state index contributed by atoms with van der Waals surface area (Å²) >= 11 is 1.61. The summed E-state index contributed by atoms with van der Waals surface area (Å²) in [5.41, 5.74) is 2.65. The quantitative estimate of drug-likeness (QED) is 0.693. The molecule has 0 aliphatic carbocycles. The zero-order chi connectivity index (χ0) is 13.0. The van der Waals surface area contributed by atoms with E-state index in [-0.39, 0.29) is 5.78 Å². The maximum absolute atomic E-state index is 11.7. The summed E-state index contributed by atoms with van der Waals surface area (Å²) in [5.74, 6) is 0.235. The van der Waals surface area contributed by atoms with Gasteiger partial charge in [-0.3, -0.25) is 4.79 Å². The van der Waals surface area contributed by atoms with E-state index >= 15 is 0 Å². The van der Waals surface area contributed by atoms with Gasteiger partial charge in [-0.1, -0.05) is 44.5 Å². The van der Waals surface area contributed by atoms with Gasteiger partial charge in [-0.25, -0.2) is 0 Å². The van der Waals surface area contributed by atoms with Crippen LogP contribution in [0.5, 0.6) is 0 Å². The van der Waals surface area contributed by atoms with Gasteiger partial charge in [0.25, 0.3) is 0 Å². The molecule has 0 bridgehead atoms. The Kier molecular flexibility index (Phi) is 4.32. The Balaban J connectivity index is 2.36. The van der Waals surface area contributed by atoms with Crippen molar-refractivity contribution >= 4 is 17.1 Å². The molecule has 0 unspecified atom stereocenters. The number of ketones is 1. The molecule has 0 fully saturated rings. The van der Waals surface area contributed by atoms with Gasteiger partial charge in [-0.15, -0.1) is 11.3 Å². The van der Waals surface area contributed by atoms with Gasteiger partial charge in [0.05, 0.1) is 4.88 Å². The van der Waals surface area contributed by atoms with Gasteiger partial charge in [0.15, 0.2) is 5.78 Å². The van der Waals surface area contributed by atoms with Crippen LogP contribution < -0.4 is 0 Å². The smallest absolute Gasteiger partial charge is 0.172 e. The van der Waals surface area contributed by atoms with Crippen molar-refractivity contribution in [3.05, 3.63) is 46.8 Å². The van der Waals surface area contributed by atoms with E-state index in [0.29, 0.717) is 6.42 Å². The average Bonchev–Trinajstić information content (AvgIpc) is 2.88. The van der Waals surface area contributed by atoms with E-state index in [1.54, 1.807) is 11.3 Å². The molecule has 18 heavy (non-hydrogen) atoms. The highest BCUT2D eigenvalue weighted by atomic mass is 32.1. The molecule has 2 rings (SSSR count). The molecule has 0 amide bonds. The third-order valence-electron chi connectivity index (χ3n) is 3.00. The van der Waals surface area contributed by atoms with Gasteiger partial charge in [-0.05, 0) is 29.7 Å². The summed E-state index contributed by atoms with van der Waals surface area (Å²) in [5, 5.41) is 0. The van der Waals surface area contributed by atoms with Crippen LogP contribution in [0, 0.1) is 0 Å². The van der Waals surface area contributed by atoms with Crippen molar-refractivity contribution in [2.75, 3.05) is 0 Å². The molecule has 1 aromatic heterocycles. The predicted molar refractivity (Wildman–Crippen MR) is 78.4 cm³/mol. The number of carbonyl (C=O) groups excluding carboxylic acids is 1. The van der Waals surface area contributed by atoms with E-state index in [4.69, 9.17) is 0 Å². The average molecular weight is 258 g/mol. The van der Waals surface area contributed by atoms with E-state index in [1.807, 2.05) is 13.0 Å². The molecular formula is C16H18OS. The highest BCUT2D eigenvalue weighted by Gasteiger charge is 2.10. The first kappa shape index (κ1) is 13.0. The first-order valence-electron chi connectivity index (χ1n) is 6.47. The van der Waals surface area contributed by atoms with Crippen molar-refractivity contribution in [1.29, 1.82) is 0 Å². The van der Waals surface area contributed by atoms with Gasteiger partial charge in [0, 0.05) is 11.3 Å². The summed E-state index contributed by atoms with van der Waals surface area (Å²) in [4.78, 5) is 13.8. The molecule has 0 saturated carbocycles. The Morgan fingerprint density at radius 2 is 1.89 bits per heavy atom. The molecule has 1 heterocycles. The van der Waals surface area contributed by atoms with Crippen LogP contribution in [-0.4, -0.2) is 5.78 Å². The first-order chi connectivity index (χ1) is 8.76. The van der Waals surface area contributed by atoms with Crippen molar-refractivity contribution in [3.8, 4) is 10.4 Å². The second-order valence-corrected chi connectivity index (χ2v) is 5.43. The van der Waals surface area contributed by atoms with Crippen LogP contribution >= 0.6 is 11.3 Å². The Morgan fingerprint density at radius 1 is 1.11 bits per heavy atom. The second kappa shape index (κ2) is 5.96. The van der Waals surface area contributed by atoms with Crippen molar-refractivity contribution < 1.29 is 4.79 Å². The number of aryl methyl sites for hydroxylation is 1. The van der Waals surface area contributed by atoms with Crippen molar-refractivity contribution in [1.82, 2.24) is 0 Å². The predicted octanol–water partition coefficient (Wildman–Crippen LogP) is 4.96. The number of hydrogen-bond acceptors (Lipinski definition) is 2. The zero-order valence-electron chi connectivity index (χ0n) is 10.9. The first-order valence-corrected chi connectivity index (χ1v) is 7.29. The molecule has 94 valence electrons. The fourth-order valence-corrected chi connectivity index (χ4v) is 3.13. The van der Waals surface area contributed by atoms with Gasteiger partial charge in [0.2, 0.25) is 0 Å². The highest BCUT2D eigenvalue weighted by Crippen LogP contribution is 2.31. The summed E-state index contributed by atoms with van der Waals surface area (Å²) in [7, 11) is 0. The van der Waals surface area contributed by atoms with Gasteiger partial charge >= 0.3 is 0 Å². The van der Waals surface area contributed by atoms with E-state index < -0.39 is 0 Å². The van der Waals surface area contributed by atoms with E-state index in [2.05, 4.69) is 37.3 Å². The number of carbonyl (C=O) groups is 1. The zero-order valence-corrected chi connectivity index (χ0v) is 11.7. The number of thiophene rings is 1. The van der Waals surface area contributed by atoms with Gasteiger partial charge in [-0.2, -0.15) is 0 Å². The minimum atomic E-state index is 0.235. The number of hydrogen-bond donors (Lipinski definition) is 0. The third-order valence-corrected chi connectivity index (χ3v) is 4.16. The Hall–Kier alpha value is -1.41. The van der Waals surface area contributed by atoms with Crippen LogP contribution in [-0.2, 0) is 6.42 Å². The van der Waals surface area contributed by atoms with Crippen LogP contribution in [0.4, 0.5) is 0 Å². The van der Waals surface area contributed by atoms with Crippen LogP contribution in [0.1, 0.15) is 41.9 Å². The van der Waals surface area contributed by atoms with Gasteiger partial charge in [0.1, 0.15) is 0 Å². The Morgan fingerprint density at radius 3 is 2.61 bits per heavy atom. The number of Topliss-reactive ketones (excluding diaryl/α,β-unsaturated/α-hetero) is 1. The SMILES string of the molecule is CCCc1ccccc1-c1ccc(C(=O)CC)s1. The van der Waals surface area contributed by atoms with Crippen molar-refractivity contribution in [2.24, 2.45) is 0 Å². The summed E-state index contributed by atoms with van der Waals surface area (Å²) < 4.78 is 0. The van der Waals surface area contributed by atoms with Crippen LogP contribution in [0.3, 0.4) is 0 Å². The molecular weight excluding hydrogens is 240 g/mol. The molecule has 0 radical (unpaired) electrons. The fraction of sp³-hybridized carbons (Fsp3) is 0.312. The fourth-order valence-electron chi connectivity index (χ4n) is 2.05. The van der Waals surface area contributed by atoms with Crippen LogP contribution in [0.15, 0.2) is 36.4 Å². The molecule has 2 heteroatoms. The third kappa shape index (κ3) is 2.70. The lowest BCUT2D eigenvalue weighted by molar-refractivity contribution is 0.0992. The summed E-state index contributed by atoms with van der Waals surface area (Å²) in [6.07, 6.45) is 2.81. The topological polar surface area (TPSA) is 17.1 Å². The maximum atomic E-state index is 11.7. The molecule has 0 spiro atoms. The molecule has 1 nitrogen and oxygen atoms in total. The molecule has 1 aromatic carbocycles. The monoisotopic (exact) mass is 258 g/mol. The molecule has 0 N–H and O–H groups in total. The van der Waals surface area contributed by atoms with Crippen LogP contribution in [0.25, 0.3) is 10.4 Å². The van der Waals surface area contributed by atoms with Crippen molar-refractivity contribution in [2.45, 2.75) is 33.1 Å². The second-order valence-electron chi connectivity index (χ2n) is 4.35. The molecule has 0 aliphatic rings. The Bertz CT molecular complexity index is 540. The summed E-state index contributed by atoms with van der Waals surface area (Å²) in [6, 6.07) is 12.5. The minimum Gasteiger partial charge on any atom is -0.293 e.